The second-order valence-electron chi connectivity index (χ2n) is 4.08. The monoisotopic (exact) mass is 221 g/mol. The third-order valence-electron chi connectivity index (χ3n) is 2.60. The van der Waals surface area contributed by atoms with Crippen molar-refractivity contribution < 1.29 is 9.90 Å². The number of hydrogen-bond acceptors (Lipinski definition) is 2. The third kappa shape index (κ3) is 4.45. The lowest BCUT2D eigenvalue weighted by Crippen LogP contribution is -2.20. The Labute approximate surface area is 96.5 Å². The molecule has 1 atom stereocenters. The summed E-state index contributed by atoms with van der Waals surface area (Å²) >= 11 is 0. The molecule has 0 aliphatic heterocycles. The van der Waals surface area contributed by atoms with Gasteiger partial charge in [0.15, 0.2) is 0 Å². The Balaban J connectivity index is 2.32. The van der Waals surface area contributed by atoms with Crippen molar-refractivity contribution in [1.29, 1.82) is 0 Å². The number of benzene rings is 1. The summed E-state index contributed by atoms with van der Waals surface area (Å²) in [5.41, 5.74) is 2.49. The Morgan fingerprint density at radius 1 is 1.38 bits per heavy atom. The maximum atomic E-state index is 10.3. The number of hydrogen-bond donors (Lipinski definition) is 2. The summed E-state index contributed by atoms with van der Waals surface area (Å²) in [7, 11) is 0. The van der Waals surface area contributed by atoms with E-state index >= 15 is 0 Å². The maximum absolute atomic E-state index is 10.3. The van der Waals surface area contributed by atoms with E-state index in [2.05, 4.69) is 43.4 Å². The predicted octanol–water partition coefficient (Wildman–Crippen LogP) is 2.51. The predicted molar refractivity (Wildman–Crippen MR) is 64.5 cm³/mol. The number of nitrogens with one attached hydrogen (secondary N) is 1. The molecule has 1 rings (SSSR count). The highest BCUT2D eigenvalue weighted by atomic mass is 16.4. The van der Waals surface area contributed by atoms with Gasteiger partial charge in [0.25, 0.3) is 0 Å². The molecule has 1 aromatic carbocycles. The van der Waals surface area contributed by atoms with Gasteiger partial charge in [-0.2, -0.15) is 0 Å². The molecule has 0 radical (unpaired) electrons. The highest BCUT2D eigenvalue weighted by molar-refractivity contribution is 5.66. The first-order valence-electron chi connectivity index (χ1n) is 5.61. The molecule has 0 heterocycles. The van der Waals surface area contributed by atoms with Crippen molar-refractivity contribution in [3.63, 3.8) is 0 Å². The van der Waals surface area contributed by atoms with Crippen molar-refractivity contribution in [2.75, 3.05) is 6.54 Å². The van der Waals surface area contributed by atoms with Crippen LogP contribution < -0.4 is 5.32 Å². The molecule has 1 aromatic rings. The van der Waals surface area contributed by atoms with Crippen molar-refractivity contribution in [2.45, 2.75) is 32.7 Å². The van der Waals surface area contributed by atoms with Crippen LogP contribution in [0.4, 0.5) is 0 Å². The SMILES string of the molecule is Cc1ccc([C@H](C)NCCCC(=O)O)cc1. The summed E-state index contributed by atoms with van der Waals surface area (Å²) in [4.78, 5) is 10.3. The van der Waals surface area contributed by atoms with Crippen LogP contribution in [0.3, 0.4) is 0 Å². The molecular weight excluding hydrogens is 202 g/mol. The van der Waals surface area contributed by atoms with Crippen molar-refractivity contribution in [3.05, 3.63) is 35.4 Å². The average Bonchev–Trinajstić information content (AvgIpc) is 2.25. The Morgan fingerprint density at radius 3 is 2.56 bits per heavy atom. The number of rotatable bonds is 6. The normalized spacial score (nSPS) is 12.4. The lowest BCUT2D eigenvalue weighted by atomic mass is 10.1. The fourth-order valence-electron chi connectivity index (χ4n) is 1.53. The molecule has 0 fully saturated rings. The lowest BCUT2D eigenvalue weighted by molar-refractivity contribution is -0.137. The lowest BCUT2D eigenvalue weighted by Gasteiger charge is -2.13. The number of aryl methyl sites for hydroxylation is 1. The molecule has 88 valence electrons. The van der Waals surface area contributed by atoms with Crippen LogP contribution in [0.5, 0.6) is 0 Å². The quantitative estimate of drug-likeness (QED) is 0.726. The molecular formula is C13H19NO2. The maximum Gasteiger partial charge on any atom is 0.303 e. The van der Waals surface area contributed by atoms with E-state index in [-0.39, 0.29) is 12.5 Å². The second-order valence-corrected chi connectivity index (χ2v) is 4.08. The molecule has 0 bridgehead atoms. The van der Waals surface area contributed by atoms with Gasteiger partial charge in [0.1, 0.15) is 0 Å². The van der Waals surface area contributed by atoms with Crippen molar-refractivity contribution in [2.24, 2.45) is 0 Å². The summed E-state index contributed by atoms with van der Waals surface area (Å²) < 4.78 is 0. The van der Waals surface area contributed by atoms with Crippen molar-refractivity contribution >= 4 is 5.97 Å². The van der Waals surface area contributed by atoms with Crippen LogP contribution in [0.2, 0.25) is 0 Å². The molecule has 0 saturated carbocycles. The van der Waals surface area contributed by atoms with E-state index < -0.39 is 5.97 Å². The van der Waals surface area contributed by atoms with Gasteiger partial charge >= 0.3 is 5.97 Å². The Morgan fingerprint density at radius 2 is 2.00 bits per heavy atom. The van der Waals surface area contributed by atoms with E-state index in [1.807, 2.05) is 0 Å². The first kappa shape index (κ1) is 12.7. The second kappa shape index (κ2) is 6.28. The van der Waals surface area contributed by atoms with Crippen molar-refractivity contribution in [1.82, 2.24) is 5.32 Å². The van der Waals surface area contributed by atoms with E-state index in [0.29, 0.717) is 6.42 Å². The van der Waals surface area contributed by atoms with Gasteiger partial charge in [-0.05, 0) is 32.4 Å². The largest absolute Gasteiger partial charge is 0.481 e. The minimum atomic E-state index is -0.732. The van der Waals surface area contributed by atoms with E-state index in [9.17, 15) is 4.79 Å². The summed E-state index contributed by atoms with van der Waals surface area (Å²) in [6.45, 7) is 4.89. The van der Waals surface area contributed by atoms with Gasteiger partial charge < -0.3 is 10.4 Å². The van der Waals surface area contributed by atoms with Crippen LogP contribution >= 0.6 is 0 Å². The molecule has 3 heteroatoms. The smallest absolute Gasteiger partial charge is 0.303 e. The molecule has 0 spiro atoms. The number of carboxylic acid groups (broad SMARTS) is 1. The van der Waals surface area contributed by atoms with Gasteiger partial charge in [0.05, 0.1) is 0 Å². The van der Waals surface area contributed by atoms with Gasteiger partial charge in [0, 0.05) is 12.5 Å². The minimum absolute atomic E-state index is 0.230. The topological polar surface area (TPSA) is 49.3 Å². The molecule has 0 saturated heterocycles. The van der Waals surface area contributed by atoms with E-state index in [4.69, 9.17) is 5.11 Å². The van der Waals surface area contributed by atoms with Crippen LogP contribution in [-0.4, -0.2) is 17.6 Å². The van der Waals surface area contributed by atoms with E-state index in [1.54, 1.807) is 0 Å². The summed E-state index contributed by atoms with van der Waals surface area (Å²) in [6, 6.07) is 8.65. The standard InChI is InChI=1S/C13H19NO2/c1-10-5-7-12(8-6-10)11(2)14-9-3-4-13(15)16/h5-8,11,14H,3-4,9H2,1-2H3,(H,15,16)/t11-/m0/s1. The fraction of sp³-hybridized carbons (Fsp3) is 0.462. The van der Waals surface area contributed by atoms with Crippen molar-refractivity contribution in [3.8, 4) is 0 Å². The third-order valence-corrected chi connectivity index (χ3v) is 2.60. The molecule has 3 nitrogen and oxygen atoms in total. The Bertz CT molecular complexity index is 332. The highest BCUT2D eigenvalue weighted by Gasteiger charge is 2.04. The number of carbonyl (C=O) groups is 1. The summed E-state index contributed by atoms with van der Waals surface area (Å²) in [6.07, 6.45) is 0.902. The molecule has 0 aliphatic rings. The van der Waals surface area contributed by atoms with Crippen LogP contribution in [0.25, 0.3) is 0 Å². The molecule has 0 amide bonds. The first-order valence-corrected chi connectivity index (χ1v) is 5.61. The highest BCUT2D eigenvalue weighted by Crippen LogP contribution is 2.12. The first-order chi connectivity index (χ1) is 7.59. The zero-order valence-electron chi connectivity index (χ0n) is 9.86. The van der Waals surface area contributed by atoms with E-state index in [1.165, 1.54) is 11.1 Å². The van der Waals surface area contributed by atoms with Crippen LogP contribution in [-0.2, 0) is 4.79 Å². The van der Waals surface area contributed by atoms with E-state index in [0.717, 1.165) is 6.54 Å². The zero-order chi connectivity index (χ0) is 12.0. The minimum Gasteiger partial charge on any atom is -0.481 e. The van der Waals surface area contributed by atoms with Gasteiger partial charge in [-0.25, -0.2) is 0 Å². The van der Waals surface area contributed by atoms with Gasteiger partial charge in [0.2, 0.25) is 0 Å². The zero-order valence-corrected chi connectivity index (χ0v) is 9.86. The molecule has 0 aromatic heterocycles. The Kier molecular flexibility index (Phi) is 4.99. The number of aliphatic carboxylic acids is 1. The van der Waals surface area contributed by atoms with Crippen LogP contribution in [0.1, 0.15) is 36.9 Å². The van der Waals surface area contributed by atoms with Crippen LogP contribution in [0.15, 0.2) is 24.3 Å². The Hall–Kier alpha value is -1.35. The average molecular weight is 221 g/mol. The summed E-state index contributed by atoms with van der Waals surface area (Å²) in [5.74, 6) is -0.732. The van der Waals surface area contributed by atoms with Gasteiger partial charge in [-0.3, -0.25) is 4.79 Å². The number of carboxylic acids is 1. The molecule has 0 aliphatic carbocycles. The molecule has 0 unspecified atom stereocenters. The molecule has 16 heavy (non-hydrogen) atoms. The molecule has 2 N–H and O–H groups in total. The summed E-state index contributed by atoms with van der Waals surface area (Å²) in [5, 5.41) is 11.8. The fourth-order valence-corrected chi connectivity index (χ4v) is 1.53. The van der Waals surface area contributed by atoms with Gasteiger partial charge in [-0.1, -0.05) is 29.8 Å². The van der Waals surface area contributed by atoms with Gasteiger partial charge in [-0.15, -0.1) is 0 Å². The van der Waals surface area contributed by atoms with Crippen LogP contribution in [0, 0.1) is 6.92 Å².